The van der Waals surface area contributed by atoms with E-state index in [4.69, 9.17) is 4.74 Å². The van der Waals surface area contributed by atoms with Gasteiger partial charge in [0.1, 0.15) is 0 Å². The van der Waals surface area contributed by atoms with Gasteiger partial charge in [0, 0.05) is 19.3 Å². The van der Waals surface area contributed by atoms with Crippen molar-refractivity contribution in [3.63, 3.8) is 0 Å². The maximum atomic E-state index is 5.54. The smallest absolute Gasteiger partial charge is 0.0480 e. The Bertz CT molecular complexity index is 145. The molecule has 1 unspecified atom stereocenters. The summed E-state index contributed by atoms with van der Waals surface area (Å²) >= 11 is 0. The summed E-state index contributed by atoms with van der Waals surface area (Å²) in [6.07, 6.45) is 8.03. The van der Waals surface area contributed by atoms with Gasteiger partial charge in [0.15, 0.2) is 0 Å². The minimum absolute atomic E-state index is 0.687. The van der Waals surface area contributed by atoms with Crippen LogP contribution in [0.5, 0.6) is 0 Å². The molecule has 15 heavy (non-hydrogen) atoms. The highest BCUT2D eigenvalue weighted by molar-refractivity contribution is 4.76. The van der Waals surface area contributed by atoms with Gasteiger partial charge in [-0.25, -0.2) is 0 Å². The first-order chi connectivity index (χ1) is 7.36. The van der Waals surface area contributed by atoms with Crippen LogP contribution in [0.1, 0.15) is 52.4 Å². The van der Waals surface area contributed by atoms with Gasteiger partial charge in [-0.1, -0.05) is 26.7 Å². The van der Waals surface area contributed by atoms with Crippen LogP contribution in [0, 0.1) is 5.92 Å². The molecule has 1 saturated carbocycles. The van der Waals surface area contributed by atoms with E-state index < -0.39 is 0 Å². The van der Waals surface area contributed by atoms with Crippen molar-refractivity contribution in [2.24, 2.45) is 5.92 Å². The maximum Gasteiger partial charge on any atom is 0.0480 e. The highest BCUT2D eigenvalue weighted by atomic mass is 16.5. The summed E-state index contributed by atoms with van der Waals surface area (Å²) in [5.74, 6) is 1.06. The number of ether oxygens (including phenoxy) is 1. The fourth-order valence-electron chi connectivity index (χ4n) is 1.95. The van der Waals surface area contributed by atoms with Crippen LogP contribution in [0.3, 0.4) is 0 Å². The first-order valence-electron chi connectivity index (χ1n) is 6.68. The number of hydrogen-bond acceptors (Lipinski definition) is 2. The number of rotatable bonds is 10. The lowest BCUT2D eigenvalue weighted by atomic mass is 10.1. The van der Waals surface area contributed by atoms with Crippen LogP contribution in [0.2, 0.25) is 0 Å². The van der Waals surface area contributed by atoms with E-state index in [2.05, 4.69) is 19.2 Å². The van der Waals surface area contributed by atoms with Gasteiger partial charge in [-0.3, -0.25) is 0 Å². The zero-order valence-corrected chi connectivity index (χ0v) is 10.4. The van der Waals surface area contributed by atoms with Gasteiger partial charge in [0.2, 0.25) is 0 Å². The zero-order valence-electron chi connectivity index (χ0n) is 10.4. The molecule has 1 N–H and O–H groups in total. The quantitative estimate of drug-likeness (QED) is 0.563. The van der Waals surface area contributed by atoms with Gasteiger partial charge in [-0.15, -0.1) is 0 Å². The third-order valence-corrected chi connectivity index (χ3v) is 3.07. The summed E-state index contributed by atoms with van der Waals surface area (Å²) in [6, 6.07) is 0.687. The van der Waals surface area contributed by atoms with Crippen LogP contribution in [0.25, 0.3) is 0 Å². The van der Waals surface area contributed by atoms with Crippen LogP contribution in [-0.2, 0) is 4.74 Å². The Balaban J connectivity index is 1.99. The lowest BCUT2D eigenvalue weighted by Gasteiger charge is -2.17. The summed E-state index contributed by atoms with van der Waals surface area (Å²) in [7, 11) is 0. The van der Waals surface area contributed by atoms with Gasteiger partial charge in [0.25, 0.3) is 0 Å². The Morgan fingerprint density at radius 1 is 1.20 bits per heavy atom. The minimum Gasteiger partial charge on any atom is -0.381 e. The molecule has 1 fully saturated rings. The SMILES string of the molecule is CCCOCCC(CCC1CC1)NCC. The topological polar surface area (TPSA) is 21.3 Å². The standard InChI is InChI=1S/C13H27NO/c1-3-10-15-11-9-13(14-4-2)8-7-12-5-6-12/h12-14H,3-11H2,1-2H3. The van der Waals surface area contributed by atoms with Gasteiger partial charge in [-0.2, -0.15) is 0 Å². The molecule has 1 aliphatic rings. The summed E-state index contributed by atoms with van der Waals surface area (Å²) in [5.41, 5.74) is 0. The molecule has 2 heteroatoms. The maximum absolute atomic E-state index is 5.54. The van der Waals surface area contributed by atoms with Crippen LogP contribution >= 0.6 is 0 Å². The van der Waals surface area contributed by atoms with Gasteiger partial charge in [-0.05, 0) is 38.1 Å². The highest BCUT2D eigenvalue weighted by Gasteiger charge is 2.22. The fourth-order valence-corrected chi connectivity index (χ4v) is 1.95. The average molecular weight is 213 g/mol. The molecule has 2 nitrogen and oxygen atoms in total. The molecule has 0 aromatic heterocycles. The second-order valence-electron chi connectivity index (χ2n) is 4.68. The molecule has 0 heterocycles. The third-order valence-electron chi connectivity index (χ3n) is 3.07. The second kappa shape index (κ2) is 8.12. The Kier molecular flexibility index (Phi) is 7.03. The van der Waals surface area contributed by atoms with Crippen LogP contribution in [0.4, 0.5) is 0 Å². The molecule has 90 valence electrons. The summed E-state index contributed by atoms with van der Waals surface area (Å²) in [4.78, 5) is 0. The van der Waals surface area contributed by atoms with Gasteiger partial charge in [0.05, 0.1) is 0 Å². The summed E-state index contributed by atoms with van der Waals surface area (Å²) in [5, 5.41) is 3.56. The van der Waals surface area contributed by atoms with E-state index in [0.717, 1.165) is 32.1 Å². The second-order valence-corrected chi connectivity index (χ2v) is 4.68. The molecule has 0 aromatic carbocycles. The normalized spacial score (nSPS) is 18.0. The first-order valence-corrected chi connectivity index (χ1v) is 6.68. The first kappa shape index (κ1) is 13.0. The fraction of sp³-hybridized carbons (Fsp3) is 1.00. The molecule has 0 radical (unpaired) electrons. The summed E-state index contributed by atoms with van der Waals surface area (Å²) < 4.78 is 5.54. The van der Waals surface area contributed by atoms with Crippen LogP contribution < -0.4 is 5.32 Å². The number of hydrogen-bond donors (Lipinski definition) is 1. The molecule has 1 atom stereocenters. The largest absolute Gasteiger partial charge is 0.381 e. The van der Waals surface area contributed by atoms with Crippen molar-refractivity contribution in [1.82, 2.24) is 5.32 Å². The lowest BCUT2D eigenvalue weighted by Crippen LogP contribution is -2.30. The van der Waals surface area contributed by atoms with Crippen molar-refractivity contribution in [3.05, 3.63) is 0 Å². The number of nitrogens with one attached hydrogen (secondary N) is 1. The van der Waals surface area contributed by atoms with E-state index >= 15 is 0 Å². The molecule has 0 amide bonds. The minimum atomic E-state index is 0.687. The molecule has 0 aliphatic heterocycles. The van der Waals surface area contributed by atoms with E-state index in [1.54, 1.807) is 0 Å². The van der Waals surface area contributed by atoms with Crippen LogP contribution in [0.15, 0.2) is 0 Å². The lowest BCUT2D eigenvalue weighted by molar-refractivity contribution is 0.123. The molecule has 0 aromatic rings. The van der Waals surface area contributed by atoms with Crippen molar-refractivity contribution >= 4 is 0 Å². The molecule has 0 saturated heterocycles. The Hall–Kier alpha value is -0.0800. The van der Waals surface area contributed by atoms with Crippen molar-refractivity contribution in [2.75, 3.05) is 19.8 Å². The molecule has 1 rings (SSSR count). The van der Waals surface area contributed by atoms with Crippen molar-refractivity contribution in [2.45, 2.75) is 58.4 Å². The van der Waals surface area contributed by atoms with E-state index in [9.17, 15) is 0 Å². The molecular weight excluding hydrogens is 186 g/mol. The van der Waals surface area contributed by atoms with Gasteiger partial charge < -0.3 is 10.1 Å². The van der Waals surface area contributed by atoms with E-state index in [1.807, 2.05) is 0 Å². The Labute approximate surface area is 94.8 Å². The molecular formula is C13H27NO. The van der Waals surface area contributed by atoms with Crippen molar-refractivity contribution in [1.29, 1.82) is 0 Å². The predicted molar refractivity (Wildman–Crippen MR) is 65.1 cm³/mol. The molecule has 1 aliphatic carbocycles. The monoisotopic (exact) mass is 213 g/mol. The van der Waals surface area contributed by atoms with Crippen molar-refractivity contribution in [3.8, 4) is 0 Å². The Morgan fingerprint density at radius 2 is 2.00 bits per heavy atom. The summed E-state index contributed by atoms with van der Waals surface area (Å²) in [6.45, 7) is 7.28. The third kappa shape index (κ3) is 6.91. The Morgan fingerprint density at radius 3 is 2.60 bits per heavy atom. The van der Waals surface area contributed by atoms with Crippen LogP contribution in [-0.4, -0.2) is 25.8 Å². The molecule has 0 spiro atoms. The predicted octanol–water partition coefficient (Wildman–Crippen LogP) is 2.97. The van der Waals surface area contributed by atoms with E-state index in [1.165, 1.54) is 32.1 Å². The average Bonchev–Trinajstić information content (AvgIpc) is 3.04. The highest BCUT2D eigenvalue weighted by Crippen LogP contribution is 2.34. The van der Waals surface area contributed by atoms with E-state index in [0.29, 0.717) is 6.04 Å². The zero-order chi connectivity index (χ0) is 10.9. The van der Waals surface area contributed by atoms with Crippen molar-refractivity contribution < 1.29 is 4.74 Å². The van der Waals surface area contributed by atoms with E-state index in [-0.39, 0.29) is 0 Å². The molecule has 0 bridgehead atoms. The van der Waals surface area contributed by atoms with Gasteiger partial charge >= 0.3 is 0 Å².